The first-order chi connectivity index (χ1) is 9.38. The maximum Gasteiger partial charge on any atom is 2.00 e. The van der Waals surface area contributed by atoms with E-state index in [1.54, 1.807) is 0 Å². The van der Waals surface area contributed by atoms with Crippen molar-refractivity contribution in [2.45, 2.75) is 119 Å². The molecule has 0 heterocycles. The van der Waals surface area contributed by atoms with Crippen molar-refractivity contribution in [1.29, 1.82) is 0 Å². The molecule has 0 spiro atoms. The van der Waals surface area contributed by atoms with Crippen molar-refractivity contribution in [1.82, 2.24) is 0 Å². The first-order valence-corrected chi connectivity index (χ1v) is 8.48. The minimum Gasteiger partial charge on any atom is -0.658 e. The third kappa shape index (κ3) is 59.1. The van der Waals surface area contributed by atoms with Crippen LogP contribution < -0.4 is 51.4 Å². The van der Waals surface area contributed by atoms with Crippen molar-refractivity contribution in [2.75, 3.05) is 0 Å². The van der Waals surface area contributed by atoms with Crippen LogP contribution in [0.15, 0.2) is 0 Å². The van der Waals surface area contributed by atoms with Crippen molar-refractivity contribution in [3.05, 3.63) is 16.0 Å². The van der Waals surface area contributed by atoms with Crippen LogP contribution in [0.4, 0.5) is 0 Å². The van der Waals surface area contributed by atoms with Gasteiger partial charge in [0.2, 0.25) is 0 Å². The molecule has 0 radical (unpaired) electrons. The van der Waals surface area contributed by atoms with Gasteiger partial charge in [0.05, 0.1) is 0 Å². The molecule has 0 rings (SSSR count). The van der Waals surface area contributed by atoms with Crippen LogP contribution in [0.25, 0.3) is 16.0 Å². The van der Waals surface area contributed by atoms with E-state index < -0.39 is 0 Å². The van der Waals surface area contributed by atoms with Crippen LogP contribution in [-0.2, 0) is 0 Å². The number of hydrogen-bond donors (Lipinski definition) is 0. The Balaban J connectivity index is -0.0000000675. The molecule has 132 valence electrons. The summed E-state index contributed by atoms with van der Waals surface area (Å²) < 4.78 is 0. The average molecular weight is 364 g/mol. The summed E-state index contributed by atoms with van der Waals surface area (Å²) in [7, 11) is 0. The van der Waals surface area contributed by atoms with E-state index in [4.69, 9.17) is 0 Å². The summed E-state index contributed by atoms with van der Waals surface area (Å²) >= 11 is 0. The Morgan fingerprint density at radius 3 is 0.435 bits per heavy atom. The molecule has 5 heteroatoms. The Morgan fingerprint density at radius 1 is 0.348 bits per heavy atom. The zero-order valence-corrected chi connectivity index (χ0v) is 23.1. The van der Waals surface area contributed by atoms with Crippen LogP contribution in [0.3, 0.4) is 0 Å². The third-order valence-electron chi connectivity index (χ3n) is 1.79. The van der Waals surface area contributed by atoms with Gasteiger partial charge in [0, 0.05) is 0 Å². The maximum atomic E-state index is 4.28. The molecule has 0 fully saturated rings. The Labute approximate surface area is 207 Å². The van der Waals surface area contributed by atoms with E-state index >= 15 is 0 Å². The quantitative estimate of drug-likeness (QED) is 0.650. The molecule has 0 aliphatic carbocycles. The first kappa shape index (κ1) is 36.2. The largest absolute Gasteiger partial charge is 2.00 e. The van der Waals surface area contributed by atoms with Crippen LogP contribution in [0.1, 0.15) is 83.1 Å². The molecule has 0 unspecified atom stereocenters. The number of nitrogens with zero attached hydrogens (tertiary/aromatic N) is 3. The summed E-state index contributed by atoms with van der Waals surface area (Å²) in [4.78, 5) is 0. The van der Waals surface area contributed by atoms with E-state index in [1.807, 2.05) is 0 Å². The first-order valence-electron chi connectivity index (χ1n) is 8.48. The second kappa shape index (κ2) is 24.3. The number of hydrogen-bond acceptors (Lipinski definition) is 0. The molecule has 0 saturated carbocycles. The summed E-state index contributed by atoms with van der Waals surface area (Å²) in [6.07, 6.45) is 0. The topological polar surface area (TPSA) is 42.3 Å². The van der Waals surface area contributed by atoms with E-state index in [9.17, 15) is 0 Å². The monoisotopic (exact) mass is 363 g/mol. The van der Waals surface area contributed by atoms with Crippen molar-refractivity contribution in [2.24, 2.45) is 0 Å². The maximum absolute atomic E-state index is 4.28. The Morgan fingerprint density at radius 2 is 0.435 bits per heavy atom. The van der Waals surface area contributed by atoms with E-state index in [2.05, 4.69) is 99.0 Å². The van der Waals surface area contributed by atoms with Crippen LogP contribution >= 0.6 is 0 Å². The molecule has 0 aromatic carbocycles. The normalized spacial score (nSPS) is 10.2. The summed E-state index contributed by atoms with van der Waals surface area (Å²) in [5, 5.41) is 12.8. The SMILES string of the molecule is CC(C)[N-]C(C)C.CC(C)[N-]C(C)C.CC(C)[N-]C(C)C.[K+].[Mg+2]. The van der Waals surface area contributed by atoms with Gasteiger partial charge in [0.1, 0.15) is 0 Å². The van der Waals surface area contributed by atoms with Crippen molar-refractivity contribution in [3.63, 3.8) is 0 Å². The molecule has 0 atom stereocenters. The minimum absolute atomic E-state index is 0. The molecule has 0 aromatic rings. The van der Waals surface area contributed by atoms with Gasteiger partial charge in [-0.25, -0.2) is 0 Å². The van der Waals surface area contributed by atoms with Gasteiger partial charge in [-0.05, 0) is 0 Å². The van der Waals surface area contributed by atoms with Gasteiger partial charge < -0.3 is 16.0 Å². The smallest absolute Gasteiger partial charge is 0.658 e. The molecule has 0 aliphatic heterocycles. The van der Waals surface area contributed by atoms with E-state index in [1.165, 1.54) is 0 Å². The van der Waals surface area contributed by atoms with Gasteiger partial charge in [0.25, 0.3) is 0 Å². The van der Waals surface area contributed by atoms with Gasteiger partial charge in [-0.1, -0.05) is 83.1 Å². The molecule has 0 bridgehead atoms. The third-order valence-corrected chi connectivity index (χ3v) is 1.79. The molecular weight excluding hydrogens is 322 g/mol. The van der Waals surface area contributed by atoms with Crippen LogP contribution in [-0.4, -0.2) is 59.3 Å². The Kier molecular flexibility index (Phi) is 38.3. The molecule has 0 amide bonds. The van der Waals surface area contributed by atoms with Crippen LogP contribution in [0, 0.1) is 0 Å². The number of rotatable bonds is 6. The summed E-state index contributed by atoms with van der Waals surface area (Å²) in [5.41, 5.74) is 0. The van der Waals surface area contributed by atoms with Crippen LogP contribution in [0.5, 0.6) is 0 Å². The molecule has 0 aromatic heterocycles. The molecule has 0 saturated heterocycles. The average Bonchev–Trinajstić information content (AvgIpc) is 2.10. The molecular formula is C18H42KMgN3. The van der Waals surface area contributed by atoms with Crippen molar-refractivity contribution >= 4 is 23.1 Å². The fourth-order valence-electron chi connectivity index (χ4n) is 1.79. The predicted molar refractivity (Wildman–Crippen MR) is 107 cm³/mol. The molecule has 0 N–H and O–H groups in total. The van der Waals surface area contributed by atoms with Crippen LogP contribution in [0.2, 0.25) is 0 Å². The molecule has 3 nitrogen and oxygen atoms in total. The zero-order valence-electron chi connectivity index (χ0n) is 18.5. The van der Waals surface area contributed by atoms with Crippen molar-refractivity contribution in [3.8, 4) is 0 Å². The van der Waals surface area contributed by atoms with Gasteiger partial charge in [0.15, 0.2) is 0 Å². The fourth-order valence-corrected chi connectivity index (χ4v) is 1.79. The second-order valence-corrected chi connectivity index (χ2v) is 7.01. The summed E-state index contributed by atoms with van der Waals surface area (Å²) in [6.45, 7) is 25.2. The predicted octanol–water partition coefficient (Wildman–Crippen LogP) is 3.15. The Hall–Kier alpha value is 2.28. The van der Waals surface area contributed by atoms with E-state index in [0.717, 1.165) is 0 Å². The van der Waals surface area contributed by atoms with Gasteiger partial charge >= 0.3 is 74.4 Å². The summed E-state index contributed by atoms with van der Waals surface area (Å²) in [5.74, 6) is 0. The minimum atomic E-state index is 0. The zero-order chi connectivity index (χ0) is 17.6. The summed E-state index contributed by atoms with van der Waals surface area (Å²) in [6, 6.07) is 3.00. The van der Waals surface area contributed by atoms with E-state index in [-0.39, 0.29) is 74.4 Å². The van der Waals surface area contributed by atoms with Gasteiger partial charge in [-0.2, -0.15) is 0 Å². The van der Waals surface area contributed by atoms with E-state index in [0.29, 0.717) is 36.3 Å². The van der Waals surface area contributed by atoms with Gasteiger partial charge in [-0.3, -0.25) is 0 Å². The second-order valence-electron chi connectivity index (χ2n) is 7.01. The van der Waals surface area contributed by atoms with Gasteiger partial charge in [-0.15, -0.1) is 36.3 Å². The standard InChI is InChI=1S/3C6H14N.K.Mg/c3*1-5(2)7-6(3)4;;/h3*5-6H,1-4H3;;/q3*-1;+1;+2. The molecule has 0 aliphatic rings. The molecule has 23 heavy (non-hydrogen) atoms. The fraction of sp³-hybridized carbons (Fsp3) is 1.00. The van der Waals surface area contributed by atoms with Crippen molar-refractivity contribution < 1.29 is 51.4 Å². The Bertz CT molecular complexity index is 145.